The minimum atomic E-state index is -1.87. The number of carbonyl (C=O) groups excluding carboxylic acids is 8. The van der Waals surface area contributed by atoms with Crippen LogP contribution in [0.25, 0.3) is 0 Å². The van der Waals surface area contributed by atoms with E-state index in [0.29, 0.717) is 0 Å². The molecule has 56 nitrogen and oxygen atoms in total. The van der Waals surface area contributed by atoms with Gasteiger partial charge in [-0.1, -0.05) is 0 Å². The van der Waals surface area contributed by atoms with Crippen LogP contribution in [0.5, 0.6) is 0 Å². The fraction of sp³-hybridized carbons (Fsp3) is 0.753. The maximum Gasteiger partial charge on any atom is 0.317 e. The Morgan fingerprint density at radius 2 is 0.358 bits per heavy atom. The highest BCUT2D eigenvalue weighted by molar-refractivity contribution is 5.89. The molecule has 4 aliphatic heterocycles. The van der Waals surface area contributed by atoms with Gasteiger partial charge in [0, 0.05) is 262 Å². The van der Waals surface area contributed by atoms with Gasteiger partial charge in [0.25, 0.3) is 0 Å². The van der Waals surface area contributed by atoms with Crippen LogP contribution in [-0.2, 0) is 95.9 Å². The summed E-state index contributed by atoms with van der Waals surface area (Å²) < 4.78 is 0. The molecule has 1 atom stereocenters. The van der Waals surface area contributed by atoms with Gasteiger partial charge in [-0.05, 0) is 6.92 Å². The highest BCUT2D eigenvalue weighted by Crippen LogP contribution is 2.16. The van der Waals surface area contributed by atoms with Crippen LogP contribution >= 0.6 is 0 Å². The Kier molecular flexibility index (Phi) is 53.9. The molecule has 0 saturated carbocycles. The number of nitrogens with one attached hydrogen (secondary N) is 5. The number of carbonyl (C=O) groups is 20. The van der Waals surface area contributed by atoms with Crippen molar-refractivity contribution in [1.82, 2.24) is 120 Å². The largest absolute Gasteiger partial charge is 0.480 e. The van der Waals surface area contributed by atoms with Gasteiger partial charge in [-0.2, -0.15) is 0 Å². The molecule has 0 aromatic carbocycles. The van der Waals surface area contributed by atoms with Gasteiger partial charge in [-0.25, -0.2) is 0 Å². The number of aliphatic carboxylic acids is 12. The van der Waals surface area contributed by atoms with Crippen molar-refractivity contribution in [3.63, 3.8) is 0 Å². The zero-order chi connectivity index (χ0) is 102. The lowest BCUT2D eigenvalue weighted by Crippen LogP contribution is -2.59. The standard InChI is InChI=1S/C81H140N24O32/c1-60(105-35-33-103(54-78(133)134)31-29-102(53-77(131)132)30-32-104(34-36-105)55-79(135)136)80(137)82-37-61(106)83-56-81(57-84-62(107)38-87(2)65(110)41-90-5-11-93(44-68(113)114)17-23-99(50-74(125)126)24-18-94(12-6-90)45-69(115)116,58-85-63(108)39-88(3)66(111)42-91-7-13-95(46-70(117)118)19-25-100(51-75(127)128)26-20-96(14-8-91)47-71(119)120)59-86-64(109)40-89(4)67(112)43-92-9-15-97(48-72(121)122)21-27-101(52-76(129)130)28-22-98(16-10-92)49-73(123)124/h60H,5-59H2,1-4H3,(H,82,137)(H,83,106)(H,84,107)(H,85,108)(H,86,109)(H,113,114)(H,115,116)(H,117,118)(H,119,120)(H,121,122)(H,123,124)(H,125,126)(H,127,128)(H,129,130)(H,131,132)(H,133,134)(H,135,136). The van der Waals surface area contributed by atoms with Crippen LogP contribution in [-0.4, -0.2) is 660 Å². The first kappa shape index (κ1) is 118. The van der Waals surface area contributed by atoms with Crippen molar-refractivity contribution < 1.29 is 157 Å². The highest BCUT2D eigenvalue weighted by Gasteiger charge is 2.37. The molecule has 137 heavy (non-hydrogen) atoms. The lowest BCUT2D eigenvalue weighted by molar-refractivity contribution is -0.141. The predicted molar refractivity (Wildman–Crippen MR) is 480 cm³/mol. The zero-order valence-corrected chi connectivity index (χ0v) is 78.5. The molecule has 0 radical (unpaired) electrons. The van der Waals surface area contributed by atoms with E-state index in [4.69, 9.17) is 0 Å². The highest BCUT2D eigenvalue weighted by atomic mass is 16.4. The van der Waals surface area contributed by atoms with Crippen LogP contribution in [0.15, 0.2) is 0 Å². The Hall–Kier alpha value is -11.2. The fourth-order valence-electron chi connectivity index (χ4n) is 15.4. The Morgan fingerprint density at radius 3 is 0.511 bits per heavy atom. The van der Waals surface area contributed by atoms with Gasteiger partial charge >= 0.3 is 71.6 Å². The van der Waals surface area contributed by atoms with Crippen molar-refractivity contribution >= 4 is 119 Å². The molecule has 0 aromatic heterocycles. The summed E-state index contributed by atoms with van der Waals surface area (Å²) in [5.74, 6) is -20.9. The second-order valence-electron chi connectivity index (χ2n) is 34.7. The molecule has 17 N–H and O–H groups in total. The minimum Gasteiger partial charge on any atom is -0.480 e. The average molecular weight is 1960 g/mol. The molecule has 0 spiro atoms. The van der Waals surface area contributed by atoms with Crippen LogP contribution < -0.4 is 26.6 Å². The summed E-state index contributed by atoms with van der Waals surface area (Å²) in [5.41, 5.74) is -1.87. The molecule has 4 heterocycles. The molecule has 4 saturated heterocycles. The van der Waals surface area contributed by atoms with Crippen LogP contribution in [0.4, 0.5) is 0 Å². The lowest BCUT2D eigenvalue weighted by atomic mass is 9.86. The van der Waals surface area contributed by atoms with Gasteiger partial charge in [0.1, 0.15) is 0 Å². The number of likely N-dealkylation sites (N-methyl/N-ethyl adjacent to an activating group) is 3. The second-order valence-corrected chi connectivity index (χ2v) is 34.7. The first-order valence-electron chi connectivity index (χ1n) is 44.9. The summed E-state index contributed by atoms with van der Waals surface area (Å²) >= 11 is 0. The molecule has 56 heteroatoms. The van der Waals surface area contributed by atoms with E-state index in [1.807, 2.05) is 0 Å². The van der Waals surface area contributed by atoms with E-state index in [0.717, 1.165) is 14.7 Å². The maximum atomic E-state index is 14.6. The molecule has 0 bridgehead atoms. The number of nitrogens with zero attached hydrogens (tertiary/aromatic N) is 19. The van der Waals surface area contributed by atoms with Crippen LogP contribution in [0.3, 0.4) is 0 Å². The lowest BCUT2D eigenvalue weighted by Gasteiger charge is -2.36. The van der Waals surface area contributed by atoms with Crippen molar-refractivity contribution in [2.75, 3.05) is 381 Å². The molecule has 4 aliphatic rings. The van der Waals surface area contributed by atoms with Gasteiger partial charge in [0.2, 0.25) is 47.3 Å². The van der Waals surface area contributed by atoms with Crippen LogP contribution in [0.2, 0.25) is 0 Å². The zero-order valence-electron chi connectivity index (χ0n) is 78.5. The number of hydrogen-bond acceptors (Lipinski definition) is 36. The number of rotatable bonds is 48. The van der Waals surface area contributed by atoms with Gasteiger partial charge in [-0.15, -0.1) is 0 Å². The second kappa shape index (κ2) is 62.6. The molecule has 1 unspecified atom stereocenters. The number of carboxylic acid groups (broad SMARTS) is 12. The van der Waals surface area contributed by atoms with Gasteiger partial charge in [-0.3, -0.25) is 174 Å². The summed E-state index contributed by atoms with van der Waals surface area (Å²) in [5, 5.41) is 131. The average Bonchev–Trinajstić information content (AvgIpc) is 0.840. The molecule has 776 valence electrons. The summed E-state index contributed by atoms with van der Waals surface area (Å²) in [6.07, 6.45) is 0. The van der Waals surface area contributed by atoms with E-state index < -0.39 is 281 Å². The molecule has 0 aliphatic carbocycles. The minimum absolute atomic E-state index is 0.00505. The summed E-state index contributed by atoms with van der Waals surface area (Å²) in [6, 6.07) is -1.13. The van der Waals surface area contributed by atoms with E-state index >= 15 is 0 Å². The third-order valence-electron chi connectivity index (χ3n) is 23.5. The van der Waals surface area contributed by atoms with Crippen molar-refractivity contribution in [2.24, 2.45) is 5.41 Å². The van der Waals surface area contributed by atoms with Gasteiger partial charge in [0.05, 0.1) is 130 Å². The normalized spacial score (nSPS) is 18.5. The summed E-state index contributed by atoms with van der Waals surface area (Å²) in [6.45, 7) is -9.93. The molecule has 4 fully saturated rings. The van der Waals surface area contributed by atoms with Crippen LogP contribution in [0, 0.1) is 5.41 Å². The predicted octanol–water partition coefficient (Wildman–Crippen LogP) is -13.8. The van der Waals surface area contributed by atoms with E-state index in [2.05, 4.69) is 26.6 Å². The maximum absolute atomic E-state index is 14.6. The third kappa shape index (κ3) is 52.2. The smallest absolute Gasteiger partial charge is 0.317 e. The molecule has 4 rings (SSSR count). The molecular formula is C81H140N24O32. The van der Waals surface area contributed by atoms with Crippen molar-refractivity contribution in [2.45, 2.75) is 13.0 Å². The SMILES string of the molecule is CC(C(=O)NCC(=O)NCC(CNC(=O)CN(C)C(=O)CN1CCN(CC(=O)O)CCN(CC(=O)O)CCN(CC(=O)O)CC1)(CNC(=O)CN(C)C(=O)CN1CCN(CC(=O)O)CCN(CC(=O)O)CCN(CC(=O)O)CC1)CNC(=O)CN(C)C(=O)CN1CCN(CC(=O)O)CCN(CC(=O)O)CCN(CC(=O)O)CC1)N1CCN(CC(=O)O)CCN(CC(=O)O)CCN(CC(=O)O)CC1. The number of amides is 8. The molecule has 0 aromatic rings. The van der Waals surface area contributed by atoms with Crippen molar-refractivity contribution in [3.05, 3.63) is 0 Å². The van der Waals surface area contributed by atoms with E-state index in [-0.39, 0.29) is 209 Å². The number of hydrogen-bond donors (Lipinski definition) is 17. The first-order chi connectivity index (χ1) is 64.6. The van der Waals surface area contributed by atoms with E-state index in [9.17, 15) is 157 Å². The van der Waals surface area contributed by atoms with Crippen molar-refractivity contribution in [3.8, 4) is 0 Å². The summed E-state index contributed by atoms with van der Waals surface area (Å²) in [4.78, 5) is 288. The molecular weight excluding hydrogens is 1820 g/mol. The molecule has 8 amide bonds. The fourth-order valence-corrected chi connectivity index (χ4v) is 15.4. The number of carboxylic acids is 12. The summed E-state index contributed by atoms with van der Waals surface area (Å²) in [7, 11) is 3.80. The van der Waals surface area contributed by atoms with Gasteiger partial charge in [0.15, 0.2) is 0 Å². The van der Waals surface area contributed by atoms with E-state index in [1.54, 1.807) is 19.6 Å². The van der Waals surface area contributed by atoms with Gasteiger partial charge < -0.3 is 103 Å². The van der Waals surface area contributed by atoms with Crippen molar-refractivity contribution in [1.29, 1.82) is 0 Å². The van der Waals surface area contributed by atoms with E-state index in [1.165, 1.54) is 86.9 Å². The Morgan fingerprint density at radius 1 is 0.219 bits per heavy atom. The first-order valence-corrected chi connectivity index (χ1v) is 44.9. The Labute approximate surface area is 792 Å². The monoisotopic (exact) mass is 1960 g/mol. The Balaban J connectivity index is 1.81. The quantitative estimate of drug-likeness (QED) is 0.0269. The Bertz CT molecular complexity index is 3590. The van der Waals surface area contributed by atoms with Crippen LogP contribution in [0.1, 0.15) is 6.92 Å². The topological polar surface area (TPSA) is 706 Å². The third-order valence-corrected chi connectivity index (χ3v) is 23.5.